The molecule has 0 radical (unpaired) electrons. The summed E-state index contributed by atoms with van der Waals surface area (Å²) in [5.41, 5.74) is 7.91. The molecule has 18 heavy (non-hydrogen) atoms. The second kappa shape index (κ2) is 4.48. The Morgan fingerprint density at radius 3 is 2.50 bits per heavy atom. The zero-order chi connectivity index (χ0) is 12.5. The Bertz CT molecular complexity index is 675. The maximum atomic E-state index is 6.19. The van der Waals surface area contributed by atoms with Gasteiger partial charge in [-0.3, -0.25) is 0 Å². The van der Waals surface area contributed by atoms with E-state index >= 15 is 0 Å². The fourth-order valence-corrected chi connectivity index (χ4v) is 2.25. The quantitative estimate of drug-likeness (QED) is 0.750. The number of fused-ring (bicyclic) bond motifs is 1. The van der Waals surface area contributed by atoms with E-state index in [0.29, 0.717) is 10.6 Å². The molecule has 0 saturated heterocycles. The first-order valence-electron chi connectivity index (χ1n) is 5.74. The van der Waals surface area contributed by atoms with E-state index in [0.717, 1.165) is 16.7 Å². The van der Waals surface area contributed by atoms with Crippen LogP contribution in [-0.2, 0) is 0 Å². The van der Waals surface area contributed by atoms with E-state index < -0.39 is 0 Å². The normalized spacial score (nSPS) is 12.8. The van der Waals surface area contributed by atoms with Gasteiger partial charge in [0.25, 0.3) is 0 Å². The fraction of sp³-hybridized carbons (Fsp3) is 0.0667. The standard InChI is InChI=1S/C15H12ClNO/c16-12-8-4-7-11-9-13(18-15(11)12)14(17)10-5-2-1-3-6-10/h1-9,14H,17H2. The highest BCUT2D eigenvalue weighted by Gasteiger charge is 2.14. The molecule has 0 aliphatic rings. The molecule has 0 aliphatic heterocycles. The summed E-state index contributed by atoms with van der Waals surface area (Å²) in [5, 5.41) is 1.59. The molecular weight excluding hydrogens is 246 g/mol. The van der Waals surface area contributed by atoms with E-state index in [9.17, 15) is 0 Å². The lowest BCUT2D eigenvalue weighted by molar-refractivity contribution is 0.525. The highest BCUT2D eigenvalue weighted by atomic mass is 35.5. The molecule has 0 aliphatic carbocycles. The Balaban J connectivity index is 2.07. The number of benzene rings is 2. The number of rotatable bonds is 2. The molecule has 1 atom stereocenters. The average Bonchev–Trinajstić information content (AvgIpc) is 2.84. The summed E-state index contributed by atoms with van der Waals surface area (Å²) in [6.45, 7) is 0. The molecule has 3 rings (SSSR count). The van der Waals surface area contributed by atoms with Crippen LogP contribution >= 0.6 is 11.6 Å². The van der Waals surface area contributed by atoms with E-state index in [1.165, 1.54) is 0 Å². The molecule has 0 fully saturated rings. The van der Waals surface area contributed by atoms with Gasteiger partial charge in [-0.2, -0.15) is 0 Å². The lowest BCUT2D eigenvalue weighted by atomic mass is 10.1. The van der Waals surface area contributed by atoms with Crippen LogP contribution in [0.15, 0.2) is 59.0 Å². The van der Waals surface area contributed by atoms with Gasteiger partial charge in [0.15, 0.2) is 5.58 Å². The van der Waals surface area contributed by atoms with E-state index in [2.05, 4.69) is 0 Å². The van der Waals surface area contributed by atoms with Crippen molar-refractivity contribution in [3.8, 4) is 0 Å². The molecular formula is C15H12ClNO. The number of halogens is 1. The Hall–Kier alpha value is -1.77. The average molecular weight is 258 g/mol. The smallest absolute Gasteiger partial charge is 0.152 e. The number of nitrogens with two attached hydrogens (primary N) is 1. The largest absolute Gasteiger partial charge is 0.457 e. The third-order valence-electron chi connectivity index (χ3n) is 2.98. The predicted molar refractivity (Wildman–Crippen MR) is 73.7 cm³/mol. The third-order valence-corrected chi connectivity index (χ3v) is 3.28. The Morgan fingerprint density at radius 2 is 1.78 bits per heavy atom. The van der Waals surface area contributed by atoms with Crippen LogP contribution in [0.4, 0.5) is 0 Å². The highest BCUT2D eigenvalue weighted by molar-refractivity contribution is 6.34. The maximum Gasteiger partial charge on any atom is 0.152 e. The number of para-hydroxylation sites is 1. The van der Waals surface area contributed by atoms with E-state index in [1.54, 1.807) is 0 Å². The lowest BCUT2D eigenvalue weighted by Crippen LogP contribution is -2.10. The van der Waals surface area contributed by atoms with Gasteiger partial charge >= 0.3 is 0 Å². The summed E-state index contributed by atoms with van der Waals surface area (Å²) in [6, 6.07) is 17.2. The van der Waals surface area contributed by atoms with Crippen molar-refractivity contribution in [3.05, 3.63) is 70.9 Å². The van der Waals surface area contributed by atoms with E-state index in [1.807, 2.05) is 54.6 Å². The molecule has 0 amide bonds. The topological polar surface area (TPSA) is 39.2 Å². The third kappa shape index (κ3) is 1.90. The first-order chi connectivity index (χ1) is 8.75. The summed E-state index contributed by atoms with van der Waals surface area (Å²) in [4.78, 5) is 0. The monoisotopic (exact) mass is 257 g/mol. The predicted octanol–water partition coefficient (Wildman–Crippen LogP) is 4.13. The molecule has 0 spiro atoms. The van der Waals surface area contributed by atoms with Gasteiger partial charge in [-0.15, -0.1) is 0 Å². The van der Waals surface area contributed by atoms with Gasteiger partial charge in [0.1, 0.15) is 5.76 Å². The summed E-state index contributed by atoms with van der Waals surface area (Å²) in [7, 11) is 0. The van der Waals surface area contributed by atoms with Crippen LogP contribution in [0.3, 0.4) is 0 Å². The zero-order valence-electron chi connectivity index (χ0n) is 9.64. The minimum Gasteiger partial charge on any atom is -0.457 e. The van der Waals surface area contributed by atoms with Crippen LogP contribution < -0.4 is 5.73 Å². The van der Waals surface area contributed by atoms with E-state index in [-0.39, 0.29) is 6.04 Å². The molecule has 0 saturated carbocycles. The summed E-state index contributed by atoms with van der Waals surface area (Å²) >= 11 is 6.09. The van der Waals surface area contributed by atoms with Crippen LogP contribution in [0.2, 0.25) is 5.02 Å². The minimum absolute atomic E-state index is 0.269. The van der Waals surface area contributed by atoms with Crippen LogP contribution in [0, 0.1) is 0 Å². The molecule has 3 heteroatoms. The van der Waals surface area contributed by atoms with E-state index in [4.69, 9.17) is 21.8 Å². The van der Waals surface area contributed by atoms with Crippen molar-refractivity contribution in [2.24, 2.45) is 5.73 Å². The SMILES string of the molecule is NC(c1ccccc1)c1cc2cccc(Cl)c2o1. The van der Waals surface area contributed by atoms with Crippen molar-refractivity contribution < 1.29 is 4.42 Å². The first kappa shape index (κ1) is 11.3. The highest BCUT2D eigenvalue weighted by Crippen LogP contribution is 2.30. The van der Waals surface area contributed by atoms with Crippen molar-refractivity contribution in [3.63, 3.8) is 0 Å². The summed E-state index contributed by atoms with van der Waals surface area (Å²) < 4.78 is 5.76. The summed E-state index contributed by atoms with van der Waals surface area (Å²) in [5.74, 6) is 0.726. The number of hydrogen-bond acceptors (Lipinski definition) is 2. The molecule has 3 aromatic rings. The molecule has 2 nitrogen and oxygen atoms in total. The van der Waals surface area contributed by atoms with Crippen LogP contribution in [0.1, 0.15) is 17.4 Å². The van der Waals surface area contributed by atoms with Crippen LogP contribution in [-0.4, -0.2) is 0 Å². The zero-order valence-corrected chi connectivity index (χ0v) is 10.4. The Morgan fingerprint density at radius 1 is 1.00 bits per heavy atom. The Labute approximate surface area is 110 Å². The first-order valence-corrected chi connectivity index (χ1v) is 6.12. The van der Waals surface area contributed by atoms with Gasteiger partial charge in [0, 0.05) is 5.39 Å². The second-order valence-electron chi connectivity index (χ2n) is 4.20. The molecule has 0 bridgehead atoms. The van der Waals surface area contributed by atoms with Gasteiger partial charge in [-0.05, 0) is 17.7 Å². The Kier molecular flexibility index (Phi) is 2.82. The molecule has 90 valence electrons. The van der Waals surface area contributed by atoms with Gasteiger partial charge in [-0.1, -0.05) is 54.1 Å². The molecule has 1 aromatic heterocycles. The van der Waals surface area contributed by atoms with Crippen molar-refractivity contribution in [2.75, 3.05) is 0 Å². The molecule has 1 heterocycles. The molecule has 2 aromatic carbocycles. The van der Waals surface area contributed by atoms with Crippen molar-refractivity contribution >= 4 is 22.6 Å². The molecule has 2 N–H and O–H groups in total. The van der Waals surface area contributed by atoms with Crippen molar-refractivity contribution in [1.82, 2.24) is 0 Å². The summed E-state index contributed by atoms with van der Waals surface area (Å²) in [6.07, 6.45) is 0. The van der Waals surface area contributed by atoms with Crippen molar-refractivity contribution in [1.29, 1.82) is 0 Å². The van der Waals surface area contributed by atoms with Crippen LogP contribution in [0.5, 0.6) is 0 Å². The molecule has 1 unspecified atom stereocenters. The maximum absolute atomic E-state index is 6.19. The van der Waals surface area contributed by atoms with Crippen molar-refractivity contribution in [2.45, 2.75) is 6.04 Å². The number of furan rings is 1. The lowest BCUT2D eigenvalue weighted by Gasteiger charge is -2.08. The van der Waals surface area contributed by atoms with Crippen LogP contribution in [0.25, 0.3) is 11.0 Å². The minimum atomic E-state index is -0.269. The van der Waals surface area contributed by atoms with Gasteiger partial charge in [-0.25, -0.2) is 0 Å². The van der Waals surface area contributed by atoms with Gasteiger partial charge in [0.2, 0.25) is 0 Å². The second-order valence-corrected chi connectivity index (χ2v) is 4.60. The number of hydrogen-bond donors (Lipinski definition) is 1. The fourth-order valence-electron chi connectivity index (χ4n) is 2.03. The van der Waals surface area contributed by atoms with Gasteiger partial charge in [0.05, 0.1) is 11.1 Å². The van der Waals surface area contributed by atoms with Gasteiger partial charge < -0.3 is 10.2 Å².